The smallest absolute Gasteiger partial charge is 0.320 e. The molecule has 0 bridgehead atoms. The van der Waals surface area contributed by atoms with Gasteiger partial charge in [0.2, 0.25) is 5.91 Å². The molecule has 2 heterocycles. The van der Waals surface area contributed by atoms with Crippen molar-refractivity contribution < 1.29 is 19.2 Å². The molecule has 8 heteroatoms. The van der Waals surface area contributed by atoms with Crippen molar-refractivity contribution in [3.63, 3.8) is 0 Å². The van der Waals surface area contributed by atoms with Crippen LogP contribution in [0.4, 0.5) is 4.79 Å². The third-order valence-electron chi connectivity index (χ3n) is 5.36. The molecule has 0 aliphatic carbocycles. The van der Waals surface area contributed by atoms with Crippen molar-refractivity contribution >= 4 is 23.8 Å². The number of carbonyl (C=O) groups is 4. The van der Waals surface area contributed by atoms with Crippen LogP contribution < -0.4 is 0 Å². The fourth-order valence-corrected chi connectivity index (χ4v) is 3.65. The highest BCUT2D eigenvalue weighted by atomic mass is 16.2. The van der Waals surface area contributed by atoms with Crippen molar-refractivity contribution in [1.29, 1.82) is 0 Å². The van der Waals surface area contributed by atoms with Gasteiger partial charge in [0.05, 0.1) is 11.1 Å². The Balaban J connectivity index is 1.50. The number of fused-ring (bicyclic) bond motifs is 1. The summed E-state index contributed by atoms with van der Waals surface area (Å²) in [6.45, 7) is 7.21. The van der Waals surface area contributed by atoms with E-state index in [2.05, 4.69) is 0 Å². The third-order valence-corrected chi connectivity index (χ3v) is 5.36. The predicted octanol–water partition coefficient (Wildman–Crippen LogP) is 1.28. The molecule has 5 amide bonds. The number of amides is 5. The largest absolute Gasteiger partial charge is 0.339 e. The van der Waals surface area contributed by atoms with Crippen molar-refractivity contribution in [2.24, 2.45) is 0 Å². The van der Waals surface area contributed by atoms with Crippen LogP contribution >= 0.6 is 0 Å². The van der Waals surface area contributed by atoms with E-state index in [0.29, 0.717) is 50.4 Å². The van der Waals surface area contributed by atoms with Crippen molar-refractivity contribution in [3.05, 3.63) is 35.4 Å². The third kappa shape index (κ3) is 3.72. The monoisotopic (exact) mass is 386 g/mol. The normalized spacial score (nSPS) is 16.4. The van der Waals surface area contributed by atoms with Gasteiger partial charge in [0, 0.05) is 52.2 Å². The highest BCUT2D eigenvalue weighted by Crippen LogP contribution is 2.22. The molecular weight excluding hydrogens is 360 g/mol. The number of carbonyl (C=O) groups excluding carboxylic acids is 4. The van der Waals surface area contributed by atoms with Gasteiger partial charge in [0.15, 0.2) is 0 Å². The molecule has 2 aliphatic heterocycles. The van der Waals surface area contributed by atoms with Crippen molar-refractivity contribution in [3.8, 4) is 0 Å². The lowest BCUT2D eigenvalue weighted by Crippen LogP contribution is -2.54. The molecule has 150 valence electrons. The topological polar surface area (TPSA) is 81.2 Å². The molecule has 2 aliphatic rings. The van der Waals surface area contributed by atoms with Crippen LogP contribution in [0.15, 0.2) is 24.3 Å². The summed E-state index contributed by atoms with van der Waals surface area (Å²) < 4.78 is 0. The van der Waals surface area contributed by atoms with E-state index in [1.54, 1.807) is 39.0 Å². The first kappa shape index (κ1) is 19.9. The highest BCUT2D eigenvalue weighted by molar-refractivity contribution is 6.21. The van der Waals surface area contributed by atoms with E-state index in [9.17, 15) is 19.2 Å². The van der Waals surface area contributed by atoms with E-state index in [1.165, 1.54) is 0 Å². The van der Waals surface area contributed by atoms with Crippen LogP contribution in [0.1, 0.15) is 41.0 Å². The second-order valence-corrected chi connectivity index (χ2v) is 6.88. The number of nitrogens with zero attached hydrogens (tertiary/aromatic N) is 4. The van der Waals surface area contributed by atoms with Crippen LogP contribution in [-0.4, -0.2) is 89.2 Å². The average Bonchev–Trinajstić information content (AvgIpc) is 2.97. The second kappa shape index (κ2) is 8.41. The maximum atomic E-state index is 12.5. The van der Waals surface area contributed by atoms with Gasteiger partial charge in [-0.1, -0.05) is 12.1 Å². The van der Waals surface area contributed by atoms with E-state index in [1.807, 2.05) is 13.8 Å². The van der Waals surface area contributed by atoms with E-state index < -0.39 is 0 Å². The summed E-state index contributed by atoms with van der Waals surface area (Å²) in [6.07, 6.45) is 0.0927. The van der Waals surface area contributed by atoms with Gasteiger partial charge in [-0.2, -0.15) is 0 Å². The Bertz CT molecular complexity index is 747. The lowest BCUT2D eigenvalue weighted by molar-refractivity contribution is -0.132. The van der Waals surface area contributed by atoms with Gasteiger partial charge in [-0.25, -0.2) is 4.79 Å². The lowest BCUT2D eigenvalue weighted by Gasteiger charge is -2.37. The Labute approximate surface area is 164 Å². The van der Waals surface area contributed by atoms with Gasteiger partial charge in [0.1, 0.15) is 0 Å². The van der Waals surface area contributed by atoms with Gasteiger partial charge in [0.25, 0.3) is 11.8 Å². The van der Waals surface area contributed by atoms with Crippen LogP contribution in [0.2, 0.25) is 0 Å². The molecule has 28 heavy (non-hydrogen) atoms. The maximum absolute atomic E-state index is 12.5. The lowest BCUT2D eigenvalue weighted by atomic mass is 10.1. The molecule has 3 rings (SSSR count). The van der Waals surface area contributed by atoms with Crippen molar-refractivity contribution in [2.75, 3.05) is 45.8 Å². The molecule has 0 atom stereocenters. The molecule has 0 aromatic heterocycles. The zero-order chi connectivity index (χ0) is 20.3. The van der Waals surface area contributed by atoms with Gasteiger partial charge in [-0.15, -0.1) is 0 Å². The van der Waals surface area contributed by atoms with Gasteiger partial charge >= 0.3 is 6.03 Å². The first-order valence-electron chi connectivity index (χ1n) is 9.74. The SMILES string of the molecule is CCN(CC)C(=O)N1CCN(C(=O)CCN2C(=O)c3ccccc3C2=O)CC1. The molecule has 0 spiro atoms. The molecule has 8 nitrogen and oxygen atoms in total. The summed E-state index contributed by atoms with van der Waals surface area (Å²) >= 11 is 0. The molecule has 1 fully saturated rings. The van der Waals surface area contributed by atoms with Crippen molar-refractivity contribution in [2.45, 2.75) is 20.3 Å². The van der Waals surface area contributed by atoms with Crippen molar-refractivity contribution in [1.82, 2.24) is 19.6 Å². The van der Waals surface area contributed by atoms with Crippen LogP contribution in [0.25, 0.3) is 0 Å². The zero-order valence-electron chi connectivity index (χ0n) is 16.4. The summed E-state index contributed by atoms with van der Waals surface area (Å²) in [4.78, 5) is 56.0. The van der Waals surface area contributed by atoms with Crippen LogP contribution in [-0.2, 0) is 4.79 Å². The van der Waals surface area contributed by atoms with E-state index in [-0.39, 0.29) is 36.7 Å². The average molecular weight is 386 g/mol. The fraction of sp³-hybridized carbons (Fsp3) is 0.500. The molecular formula is C20H26N4O4. The molecule has 0 N–H and O–H groups in total. The van der Waals surface area contributed by atoms with Gasteiger partial charge in [-0.05, 0) is 26.0 Å². The summed E-state index contributed by atoms with van der Waals surface area (Å²) in [6, 6.07) is 6.70. The minimum absolute atomic E-state index is 0.00289. The number of benzene rings is 1. The van der Waals surface area contributed by atoms with E-state index >= 15 is 0 Å². The maximum Gasteiger partial charge on any atom is 0.320 e. The zero-order valence-corrected chi connectivity index (χ0v) is 16.4. The minimum Gasteiger partial charge on any atom is -0.339 e. The number of hydrogen-bond donors (Lipinski definition) is 0. The molecule has 0 saturated carbocycles. The Kier molecular flexibility index (Phi) is 5.96. The Morgan fingerprint density at radius 1 is 0.893 bits per heavy atom. The fourth-order valence-electron chi connectivity index (χ4n) is 3.65. The van der Waals surface area contributed by atoms with E-state index in [0.717, 1.165) is 4.90 Å². The first-order valence-corrected chi connectivity index (χ1v) is 9.74. The van der Waals surface area contributed by atoms with Gasteiger partial charge in [-0.3, -0.25) is 19.3 Å². The highest BCUT2D eigenvalue weighted by Gasteiger charge is 2.35. The summed E-state index contributed by atoms with van der Waals surface area (Å²) in [5, 5.41) is 0. The first-order chi connectivity index (χ1) is 13.5. The number of piperazine rings is 1. The number of rotatable bonds is 5. The number of hydrogen-bond acceptors (Lipinski definition) is 4. The minimum atomic E-state index is -0.344. The molecule has 1 saturated heterocycles. The molecule has 0 radical (unpaired) electrons. The van der Waals surface area contributed by atoms with E-state index in [4.69, 9.17) is 0 Å². The van der Waals surface area contributed by atoms with Crippen LogP contribution in [0, 0.1) is 0 Å². The van der Waals surface area contributed by atoms with Crippen LogP contribution in [0.5, 0.6) is 0 Å². The molecule has 1 aromatic rings. The number of urea groups is 1. The Morgan fingerprint density at radius 3 is 1.89 bits per heavy atom. The standard InChI is InChI=1S/C20H26N4O4/c1-3-21(4-2)20(28)23-13-11-22(12-14-23)17(25)9-10-24-18(26)15-7-5-6-8-16(15)19(24)27/h5-8H,3-4,9-14H2,1-2H3. The van der Waals surface area contributed by atoms with Crippen LogP contribution in [0.3, 0.4) is 0 Å². The predicted molar refractivity (Wildman–Crippen MR) is 103 cm³/mol. The second-order valence-electron chi connectivity index (χ2n) is 6.88. The summed E-state index contributed by atoms with van der Waals surface area (Å²) in [7, 11) is 0. The van der Waals surface area contributed by atoms with Gasteiger partial charge < -0.3 is 14.7 Å². The summed E-state index contributed by atoms with van der Waals surface area (Å²) in [5.41, 5.74) is 0.784. The molecule has 1 aromatic carbocycles. The quantitative estimate of drug-likeness (QED) is 0.714. The Morgan fingerprint density at radius 2 is 1.39 bits per heavy atom. The number of imide groups is 1. The molecule has 0 unspecified atom stereocenters. The Hall–Kier alpha value is -2.90. The summed E-state index contributed by atoms with van der Waals surface area (Å²) in [5.74, 6) is -0.794.